The first-order chi connectivity index (χ1) is 17.4. The van der Waals surface area contributed by atoms with E-state index in [0.717, 1.165) is 0 Å². The van der Waals surface area contributed by atoms with E-state index in [1.165, 1.54) is 26.5 Å². The Morgan fingerprint density at radius 3 is 2.47 bits per heavy atom. The maximum atomic E-state index is 13.5. The van der Waals surface area contributed by atoms with Gasteiger partial charge >= 0.3 is 0 Å². The Labute approximate surface area is 203 Å². The first-order valence-electron chi connectivity index (χ1n) is 11.0. The highest BCUT2D eigenvalue weighted by Crippen LogP contribution is 2.43. The number of aliphatic hydroxyl groups excluding tert-OH is 4. The quantitative estimate of drug-likeness (QED) is 0.365. The van der Waals surface area contributed by atoms with E-state index in [9.17, 15) is 25.2 Å². The van der Waals surface area contributed by atoms with Gasteiger partial charge < -0.3 is 53.3 Å². The first-order valence-corrected chi connectivity index (χ1v) is 11.0. The number of hydrogen-bond donors (Lipinski definition) is 4. The van der Waals surface area contributed by atoms with Crippen molar-refractivity contribution in [1.29, 1.82) is 0 Å². The Kier molecular flexibility index (Phi) is 6.36. The smallest absolute Gasteiger partial charge is 0.231 e. The van der Waals surface area contributed by atoms with Gasteiger partial charge in [0.15, 0.2) is 22.8 Å². The average molecular weight is 504 g/mol. The fraction of sp³-hybridized carbons (Fsp3) is 0.375. The molecule has 0 saturated carbocycles. The minimum Gasteiger partial charge on any atom is -0.496 e. The van der Waals surface area contributed by atoms with Gasteiger partial charge in [0.1, 0.15) is 41.8 Å². The highest BCUT2D eigenvalue weighted by Gasteiger charge is 2.45. The standard InChI is InChI=1S/C24H24O12/c1-30-14-6-15(35-24-21(29)20(28)19(27)16(7-25)36-24)22(31-2)23-17(14)18(26)11(8-32-23)10-3-4-12-13(5-10)34-9-33-12/h3-6,8,16,19-21,24-25,27-29H,7,9H2,1-2H3/t16?,19-,20+,21?,24-/m1/s1. The maximum Gasteiger partial charge on any atom is 0.231 e. The van der Waals surface area contributed by atoms with Crippen molar-refractivity contribution in [2.24, 2.45) is 0 Å². The lowest BCUT2D eigenvalue weighted by Gasteiger charge is -2.39. The molecule has 0 amide bonds. The zero-order chi connectivity index (χ0) is 25.6. The molecule has 192 valence electrons. The van der Waals surface area contributed by atoms with Crippen LogP contribution in [0.3, 0.4) is 0 Å². The number of methoxy groups -OCH3 is 2. The molecular formula is C24H24O12. The highest BCUT2D eigenvalue weighted by molar-refractivity contribution is 5.93. The van der Waals surface area contributed by atoms with Gasteiger partial charge in [-0.2, -0.15) is 0 Å². The third-order valence-corrected chi connectivity index (χ3v) is 6.13. The van der Waals surface area contributed by atoms with Crippen LogP contribution in [0.25, 0.3) is 22.1 Å². The third kappa shape index (κ3) is 3.88. The van der Waals surface area contributed by atoms with Crippen molar-refractivity contribution < 1.29 is 53.3 Å². The lowest BCUT2D eigenvalue weighted by Crippen LogP contribution is -2.60. The van der Waals surface area contributed by atoms with Crippen molar-refractivity contribution in [3.8, 4) is 39.9 Å². The summed E-state index contributed by atoms with van der Waals surface area (Å²) in [6.45, 7) is -0.534. The second kappa shape index (κ2) is 9.48. The number of rotatable bonds is 6. The molecule has 0 radical (unpaired) electrons. The third-order valence-electron chi connectivity index (χ3n) is 6.13. The minimum atomic E-state index is -1.66. The molecule has 1 fully saturated rings. The zero-order valence-electron chi connectivity index (χ0n) is 19.2. The molecule has 4 N–H and O–H groups in total. The Bertz CT molecular complexity index is 1330. The lowest BCUT2D eigenvalue weighted by molar-refractivity contribution is -0.277. The van der Waals surface area contributed by atoms with Gasteiger partial charge in [0, 0.05) is 6.07 Å². The van der Waals surface area contributed by atoms with E-state index in [0.29, 0.717) is 17.1 Å². The van der Waals surface area contributed by atoms with Crippen LogP contribution < -0.4 is 29.1 Å². The molecule has 0 spiro atoms. The molecule has 12 heteroatoms. The Hall–Kier alpha value is -3.55. The maximum absolute atomic E-state index is 13.5. The van der Waals surface area contributed by atoms with Crippen LogP contribution in [0.5, 0.6) is 28.7 Å². The van der Waals surface area contributed by atoms with Crippen molar-refractivity contribution in [3.05, 3.63) is 40.8 Å². The molecule has 0 bridgehead atoms. The SMILES string of the molecule is COc1c(O[C@@H]2OC(CO)[C@@H](O)[C@H](O)C2O)cc(OC)c2c(=O)c(-c3ccc4c(c3)OCO4)coc12. The van der Waals surface area contributed by atoms with E-state index in [1.54, 1.807) is 18.2 Å². The summed E-state index contributed by atoms with van der Waals surface area (Å²) in [5.41, 5.74) is 0.372. The molecule has 2 aliphatic rings. The monoisotopic (exact) mass is 504 g/mol. The number of hydrogen-bond acceptors (Lipinski definition) is 12. The fourth-order valence-corrected chi connectivity index (χ4v) is 4.22. The van der Waals surface area contributed by atoms with Crippen LogP contribution in [0.1, 0.15) is 0 Å². The summed E-state index contributed by atoms with van der Waals surface area (Å²) in [4.78, 5) is 13.5. The molecule has 3 aromatic rings. The van der Waals surface area contributed by atoms with Crippen molar-refractivity contribution in [1.82, 2.24) is 0 Å². The topological polar surface area (TPSA) is 167 Å². The summed E-state index contributed by atoms with van der Waals surface area (Å²) in [5.74, 6) is 1.11. The van der Waals surface area contributed by atoms with Crippen molar-refractivity contribution in [2.75, 3.05) is 27.6 Å². The van der Waals surface area contributed by atoms with Crippen molar-refractivity contribution >= 4 is 11.0 Å². The normalized spacial score (nSPS) is 25.1. The Morgan fingerprint density at radius 1 is 0.972 bits per heavy atom. The molecule has 36 heavy (non-hydrogen) atoms. The molecule has 1 aromatic heterocycles. The largest absolute Gasteiger partial charge is 0.496 e. The summed E-state index contributed by atoms with van der Waals surface area (Å²) in [7, 11) is 2.68. The molecule has 12 nitrogen and oxygen atoms in total. The van der Waals surface area contributed by atoms with E-state index in [1.807, 2.05) is 0 Å². The number of ether oxygens (including phenoxy) is 6. The van der Waals surface area contributed by atoms with Gasteiger partial charge in [0.25, 0.3) is 0 Å². The van der Waals surface area contributed by atoms with E-state index in [2.05, 4.69) is 0 Å². The van der Waals surface area contributed by atoms with Crippen LogP contribution in [0, 0.1) is 0 Å². The van der Waals surface area contributed by atoms with Gasteiger partial charge in [-0.3, -0.25) is 4.79 Å². The first kappa shape index (κ1) is 24.2. The molecular weight excluding hydrogens is 480 g/mol. The van der Waals surface area contributed by atoms with Crippen LogP contribution in [0.2, 0.25) is 0 Å². The van der Waals surface area contributed by atoms with Gasteiger partial charge in [0.2, 0.25) is 24.3 Å². The second-order valence-corrected chi connectivity index (χ2v) is 8.18. The fourth-order valence-electron chi connectivity index (χ4n) is 4.22. The van der Waals surface area contributed by atoms with Gasteiger partial charge in [-0.25, -0.2) is 0 Å². The number of aliphatic hydroxyl groups is 4. The predicted molar refractivity (Wildman–Crippen MR) is 122 cm³/mol. The molecule has 3 heterocycles. The van der Waals surface area contributed by atoms with E-state index < -0.39 is 42.7 Å². The Morgan fingerprint density at radius 2 is 1.75 bits per heavy atom. The predicted octanol–water partition coefficient (Wildman–Crippen LogP) is 0.385. The van der Waals surface area contributed by atoms with Crippen LogP contribution in [-0.4, -0.2) is 78.8 Å². The van der Waals surface area contributed by atoms with Gasteiger partial charge in [-0.15, -0.1) is 0 Å². The summed E-state index contributed by atoms with van der Waals surface area (Å²) in [6.07, 6.45) is -6.25. The number of fused-ring (bicyclic) bond motifs is 2. The van der Waals surface area contributed by atoms with E-state index in [-0.39, 0.29) is 40.6 Å². The molecule has 0 aliphatic carbocycles. The van der Waals surface area contributed by atoms with Crippen molar-refractivity contribution in [3.63, 3.8) is 0 Å². The minimum absolute atomic E-state index is 0.00269. The van der Waals surface area contributed by atoms with E-state index >= 15 is 0 Å². The van der Waals surface area contributed by atoms with Crippen molar-refractivity contribution in [2.45, 2.75) is 30.7 Å². The zero-order valence-corrected chi connectivity index (χ0v) is 19.2. The van der Waals surface area contributed by atoms with Gasteiger partial charge in [0.05, 0.1) is 26.4 Å². The molecule has 5 atom stereocenters. The van der Waals surface area contributed by atoms with Crippen LogP contribution in [0.4, 0.5) is 0 Å². The van der Waals surface area contributed by atoms with Gasteiger partial charge in [-0.05, 0) is 17.7 Å². The molecule has 2 aromatic carbocycles. The molecule has 5 rings (SSSR count). The summed E-state index contributed by atoms with van der Waals surface area (Å²) >= 11 is 0. The lowest BCUT2D eigenvalue weighted by atomic mass is 9.99. The Balaban J connectivity index is 1.58. The van der Waals surface area contributed by atoms with Gasteiger partial charge in [-0.1, -0.05) is 6.07 Å². The van der Waals surface area contributed by atoms with Crippen LogP contribution in [-0.2, 0) is 4.74 Å². The highest BCUT2D eigenvalue weighted by atomic mass is 16.7. The second-order valence-electron chi connectivity index (χ2n) is 8.18. The molecule has 2 aliphatic heterocycles. The summed E-state index contributed by atoms with van der Waals surface area (Å²) in [6, 6.07) is 6.41. The average Bonchev–Trinajstić information content (AvgIpc) is 3.36. The molecule has 2 unspecified atom stereocenters. The summed E-state index contributed by atoms with van der Waals surface area (Å²) < 4.78 is 38.6. The summed E-state index contributed by atoms with van der Waals surface area (Å²) in [5, 5.41) is 39.9. The van der Waals surface area contributed by atoms with E-state index in [4.69, 9.17) is 32.8 Å². The number of benzene rings is 2. The van der Waals surface area contributed by atoms with Crippen LogP contribution >= 0.6 is 0 Å². The molecule has 1 saturated heterocycles. The van der Waals surface area contributed by atoms with Crippen LogP contribution in [0.15, 0.2) is 39.7 Å².